The number of hydrogen-bond donors (Lipinski definition) is 2. The van der Waals surface area contributed by atoms with E-state index in [1.54, 1.807) is 18.3 Å². The van der Waals surface area contributed by atoms with Crippen molar-refractivity contribution >= 4 is 11.7 Å². The minimum Gasteiger partial charge on any atom is -0.464 e. The lowest BCUT2D eigenvalue weighted by Crippen LogP contribution is -2.27. The number of nitrogens with one attached hydrogen (secondary N) is 1. The summed E-state index contributed by atoms with van der Waals surface area (Å²) in [5, 5.41) is 12.3. The maximum Gasteiger partial charge on any atom is 0.356 e. The molecule has 1 atom stereocenters. The number of carbonyl (C=O) groups excluding carboxylic acids is 1. The molecule has 5 heteroatoms. The van der Waals surface area contributed by atoms with Crippen LogP contribution in [0.15, 0.2) is 18.3 Å². The van der Waals surface area contributed by atoms with Gasteiger partial charge in [-0.15, -0.1) is 0 Å². The molecule has 0 spiro atoms. The van der Waals surface area contributed by atoms with Crippen LogP contribution in [-0.4, -0.2) is 35.8 Å². The van der Waals surface area contributed by atoms with Crippen LogP contribution in [0.3, 0.4) is 0 Å². The van der Waals surface area contributed by atoms with Crippen molar-refractivity contribution in [1.29, 1.82) is 0 Å². The van der Waals surface area contributed by atoms with Crippen LogP contribution in [0.1, 0.15) is 30.8 Å². The molecule has 1 heterocycles. The van der Waals surface area contributed by atoms with Gasteiger partial charge in [0.1, 0.15) is 5.69 Å². The van der Waals surface area contributed by atoms with Gasteiger partial charge in [0.05, 0.1) is 7.11 Å². The number of anilines is 1. The Morgan fingerprint density at radius 3 is 2.83 bits per heavy atom. The monoisotopic (exact) mass is 252 g/mol. The molecule has 0 fully saturated rings. The molecular weight excluding hydrogens is 232 g/mol. The second kappa shape index (κ2) is 6.96. The summed E-state index contributed by atoms with van der Waals surface area (Å²) in [4.78, 5) is 15.3. The number of aromatic nitrogens is 1. The maximum absolute atomic E-state index is 11.4. The highest BCUT2D eigenvalue weighted by Gasteiger charge is 2.14. The molecule has 1 aromatic rings. The number of carbonyl (C=O) groups is 1. The van der Waals surface area contributed by atoms with Crippen LogP contribution in [-0.2, 0) is 4.74 Å². The number of nitrogens with zero attached hydrogens (tertiary/aromatic N) is 1. The molecule has 100 valence electrons. The van der Waals surface area contributed by atoms with Gasteiger partial charge in [-0.25, -0.2) is 9.78 Å². The molecule has 2 N–H and O–H groups in total. The molecule has 0 bridgehead atoms. The van der Waals surface area contributed by atoms with Crippen molar-refractivity contribution in [2.75, 3.05) is 19.0 Å². The fourth-order valence-corrected chi connectivity index (χ4v) is 1.66. The summed E-state index contributed by atoms with van der Waals surface area (Å²) in [5.41, 5.74) is 1.08. The Balaban J connectivity index is 2.80. The fraction of sp³-hybridized carbons (Fsp3) is 0.538. The standard InChI is InChI=1S/C13H20N2O3/c1-9(2)11(5-7-16)15-10-4-6-14-12(8-10)13(17)18-3/h4,6,8-9,11,16H,5,7H2,1-3H3,(H,14,15). The van der Waals surface area contributed by atoms with E-state index in [2.05, 4.69) is 28.9 Å². The number of aliphatic hydroxyl groups excluding tert-OH is 1. The summed E-state index contributed by atoms with van der Waals surface area (Å²) < 4.78 is 4.62. The lowest BCUT2D eigenvalue weighted by molar-refractivity contribution is 0.0594. The molecule has 0 aliphatic rings. The van der Waals surface area contributed by atoms with Gasteiger partial charge >= 0.3 is 5.97 Å². The van der Waals surface area contributed by atoms with Gasteiger partial charge in [0.15, 0.2) is 0 Å². The summed E-state index contributed by atoms with van der Waals surface area (Å²) in [6, 6.07) is 3.60. The quantitative estimate of drug-likeness (QED) is 0.754. The van der Waals surface area contributed by atoms with Crippen molar-refractivity contribution in [3.8, 4) is 0 Å². The third kappa shape index (κ3) is 4.00. The number of pyridine rings is 1. The summed E-state index contributed by atoms with van der Waals surface area (Å²) in [6.45, 7) is 4.29. The van der Waals surface area contributed by atoms with Crippen LogP contribution in [0.25, 0.3) is 0 Å². The molecule has 0 aliphatic carbocycles. The lowest BCUT2D eigenvalue weighted by atomic mass is 10.0. The van der Waals surface area contributed by atoms with Crippen molar-refractivity contribution in [3.63, 3.8) is 0 Å². The van der Waals surface area contributed by atoms with E-state index in [4.69, 9.17) is 5.11 Å². The first-order chi connectivity index (χ1) is 8.58. The van der Waals surface area contributed by atoms with Gasteiger partial charge in [0, 0.05) is 24.5 Å². The summed E-state index contributed by atoms with van der Waals surface area (Å²) in [6.07, 6.45) is 2.22. The van der Waals surface area contributed by atoms with Gasteiger partial charge in [0.2, 0.25) is 0 Å². The van der Waals surface area contributed by atoms with Crippen molar-refractivity contribution in [1.82, 2.24) is 4.98 Å². The normalized spacial score (nSPS) is 12.3. The first kappa shape index (κ1) is 14.4. The van der Waals surface area contributed by atoms with Crippen LogP contribution < -0.4 is 5.32 Å². The summed E-state index contributed by atoms with van der Waals surface area (Å²) in [5.74, 6) is -0.0752. The zero-order valence-corrected chi connectivity index (χ0v) is 11.0. The molecule has 1 rings (SSSR count). The average Bonchev–Trinajstić information content (AvgIpc) is 2.37. The van der Waals surface area contributed by atoms with E-state index in [1.807, 2.05) is 0 Å². The second-order valence-electron chi connectivity index (χ2n) is 4.43. The first-order valence-corrected chi connectivity index (χ1v) is 6.00. The summed E-state index contributed by atoms with van der Waals surface area (Å²) in [7, 11) is 1.33. The zero-order chi connectivity index (χ0) is 13.5. The Morgan fingerprint density at radius 1 is 1.56 bits per heavy atom. The molecule has 1 unspecified atom stereocenters. The van der Waals surface area contributed by atoms with Crippen LogP contribution in [0.5, 0.6) is 0 Å². The Bertz CT molecular complexity index is 394. The highest BCUT2D eigenvalue weighted by atomic mass is 16.5. The molecule has 0 saturated carbocycles. The molecule has 18 heavy (non-hydrogen) atoms. The number of hydrogen-bond acceptors (Lipinski definition) is 5. The van der Waals surface area contributed by atoms with Crippen LogP contribution >= 0.6 is 0 Å². The number of ether oxygens (including phenoxy) is 1. The third-order valence-electron chi connectivity index (χ3n) is 2.75. The van der Waals surface area contributed by atoms with Crippen molar-refractivity contribution in [3.05, 3.63) is 24.0 Å². The second-order valence-corrected chi connectivity index (χ2v) is 4.43. The van der Waals surface area contributed by atoms with E-state index in [1.165, 1.54) is 7.11 Å². The van der Waals surface area contributed by atoms with E-state index in [9.17, 15) is 4.79 Å². The van der Waals surface area contributed by atoms with E-state index in [-0.39, 0.29) is 18.3 Å². The van der Waals surface area contributed by atoms with E-state index >= 15 is 0 Å². The van der Waals surface area contributed by atoms with Gasteiger partial charge in [-0.2, -0.15) is 0 Å². The highest BCUT2D eigenvalue weighted by molar-refractivity contribution is 5.88. The Labute approximate surface area is 107 Å². The van der Waals surface area contributed by atoms with Gasteiger partial charge in [0.25, 0.3) is 0 Å². The smallest absolute Gasteiger partial charge is 0.356 e. The van der Waals surface area contributed by atoms with E-state index < -0.39 is 5.97 Å². The molecule has 0 aliphatic heterocycles. The van der Waals surface area contributed by atoms with Crippen LogP contribution in [0.4, 0.5) is 5.69 Å². The highest BCUT2D eigenvalue weighted by Crippen LogP contribution is 2.15. The SMILES string of the molecule is COC(=O)c1cc(NC(CCO)C(C)C)ccn1. The van der Waals surface area contributed by atoms with Crippen molar-refractivity contribution in [2.45, 2.75) is 26.3 Å². The Kier molecular flexibility index (Phi) is 5.58. The predicted molar refractivity (Wildman–Crippen MR) is 69.5 cm³/mol. The number of rotatable bonds is 6. The van der Waals surface area contributed by atoms with Crippen molar-refractivity contribution in [2.24, 2.45) is 5.92 Å². The maximum atomic E-state index is 11.4. The van der Waals surface area contributed by atoms with E-state index in [0.29, 0.717) is 12.3 Å². The van der Waals surface area contributed by atoms with Gasteiger partial charge < -0.3 is 15.2 Å². The predicted octanol–water partition coefficient (Wildman–Crippen LogP) is 1.69. The van der Waals surface area contributed by atoms with Gasteiger partial charge in [-0.05, 0) is 24.5 Å². The minimum absolute atomic E-state index is 0.130. The number of esters is 1. The zero-order valence-electron chi connectivity index (χ0n) is 11.0. The fourth-order valence-electron chi connectivity index (χ4n) is 1.66. The average molecular weight is 252 g/mol. The van der Waals surface area contributed by atoms with E-state index in [0.717, 1.165) is 5.69 Å². The molecular formula is C13H20N2O3. The Hall–Kier alpha value is -1.62. The molecule has 0 amide bonds. The van der Waals surface area contributed by atoms with Gasteiger partial charge in [-0.3, -0.25) is 0 Å². The first-order valence-electron chi connectivity index (χ1n) is 6.00. The van der Waals surface area contributed by atoms with Crippen LogP contribution in [0, 0.1) is 5.92 Å². The number of methoxy groups -OCH3 is 1. The molecule has 5 nitrogen and oxygen atoms in total. The largest absolute Gasteiger partial charge is 0.464 e. The molecule has 1 aromatic heterocycles. The number of aliphatic hydroxyl groups is 1. The Morgan fingerprint density at radius 2 is 2.28 bits per heavy atom. The summed E-state index contributed by atoms with van der Waals surface area (Å²) >= 11 is 0. The van der Waals surface area contributed by atoms with Crippen LogP contribution in [0.2, 0.25) is 0 Å². The topological polar surface area (TPSA) is 71.5 Å². The lowest BCUT2D eigenvalue weighted by Gasteiger charge is -2.22. The minimum atomic E-state index is -0.457. The third-order valence-corrected chi connectivity index (χ3v) is 2.75. The molecule has 0 radical (unpaired) electrons. The molecule has 0 aromatic carbocycles. The molecule has 0 saturated heterocycles. The van der Waals surface area contributed by atoms with Gasteiger partial charge in [-0.1, -0.05) is 13.8 Å². The van der Waals surface area contributed by atoms with Crippen molar-refractivity contribution < 1.29 is 14.6 Å².